The summed E-state index contributed by atoms with van der Waals surface area (Å²) in [5, 5.41) is 10.9. The van der Waals surface area contributed by atoms with Crippen LogP contribution >= 0.6 is 27.5 Å². The first-order chi connectivity index (χ1) is 18.5. The van der Waals surface area contributed by atoms with Crippen LogP contribution < -0.4 is 4.90 Å². The number of benzene rings is 1. The molecule has 2 bridgehead atoms. The van der Waals surface area contributed by atoms with E-state index in [0.29, 0.717) is 30.1 Å². The number of aliphatic hydroxyl groups excluding tert-OH is 1. The van der Waals surface area contributed by atoms with Gasteiger partial charge in [0.2, 0.25) is 11.8 Å². The number of rotatable bonds is 11. The van der Waals surface area contributed by atoms with Crippen molar-refractivity contribution in [3.8, 4) is 0 Å². The number of aliphatic hydroxyl groups is 1. The van der Waals surface area contributed by atoms with Crippen molar-refractivity contribution in [1.29, 1.82) is 0 Å². The normalized spacial score (nSPS) is 29.9. The molecule has 0 aromatic heterocycles. The average Bonchev–Trinajstić information content (AvgIpc) is 3.49. The molecule has 3 unspecified atom stereocenters. The number of amides is 3. The number of likely N-dealkylation sites (N-methyl/N-ethyl adjacent to an activating group) is 1. The molecule has 3 amide bonds. The number of carbonyl (C=O) groups excluding carboxylic acids is 3. The summed E-state index contributed by atoms with van der Waals surface area (Å²) in [5.74, 6) is -2.42. The molecule has 3 aliphatic heterocycles. The van der Waals surface area contributed by atoms with Gasteiger partial charge in [-0.05, 0) is 30.9 Å². The van der Waals surface area contributed by atoms with Crippen LogP contribution in [0.1, 0.15) is 26.7 Å². The van der Waals surface area contributed by atoms with E-state index in [4.69, 9.17) is 16.3 Å². The number of anilines is 1. The minimum absolute atomic E-state index is 0.147. The second-order valence-corrected chi connectivity index (χ2v) is 12.7. The van der Waals surface area contributed by atoms with Crippen molar-refractivity contribution in [2.45, 2.75) is 55.3 Å². The lowest BCUT2D eigenvalue weighted by Crippen LogP contribution is -2.59. The van der Waals surface area contributed by atoms with E-state index < -0.39 is 35.6 Å². The van der Waals surface area contributed by atoms with E-state index in [1.807, 2.05) is 13.8 Å². The van der Waals surface area contributed by atoms with Gasteiger partial charge in [0.1, 0.15) is 11.6 Å². The van der Waals surface area contributed by atoms with E-state index in [0.717, 1.165) is 0 Å². The van der Waals surface area contributed by atoms with Crippen LogP contribution in [0.25, 0.3) is 0 Å². The second-order valence-electron chi connectivity index (χ2n) is 11.1. The molecule has 0 saturated carbocycles. The number of likely N-dealkylation sites (tertiary alicyclic amines) is 1. The number of nitrogens with zero attached hydrogens (tertiary/aromatic N) is 3. The fourth-order valence-electron chi connectivity index (χ4n) is 6.63. The van der Waals surface area contributed by atoms with Crippen LogP contribution in [-0.4, -0.2) is 88.0 Å². The Morgan fingerprint density at radius 2 is 1.92 bits per heavy atom. The van der Waals surface area contributed by atoms with Crippen LogP contribution in [0.15, 0.2) is 49.6 Å². The maximum Gasteiger partial charge on any atom is 0.253 e. The van der Waals surface area contributed by atoms with Crippen molar-refractivity contribution in [3.63, 3.8) is 0 Å². The van der Waals surface area contributed by atoms with Crippen molar-refractivity contribution >= 4 is 50.9 Å². The van der Waals surface area contributed by atoms with Gasteiger partial charge in [-0.15, -0.1) is 13.2 Å². The highest BCUT2D eigenvalue weighted by atomic mass is 79.9. The molecule has 3 aliphatic rings. The molecule has 0 aliphatic carbocycles. The van der Waals surface area contributed by atoms with Gasteiger partial charge in [0.25, 0.3) is 5.91 Å². The minimum Gasteiger partial charge on any atom is -0.394 e. The summed E-state index contributed by atoms with van der Waals surface area (Å²) in [4.78, 5) is 47.0. The Kier molecular flexibility index (Phi) is 8.95. The molecule has 8 nitrogen and oxygen atoms in total. The fourth-order valence-corrected chi connectivity index (χ4v) is 7.82. The van der Waals surface area contributed by atoms with E-state index in [9.17, 15) is 19.5 Å². The highest BCUT2D eigenvalue weighted by Gasteiger charge is 2.77. The van der Waals surface area contributed by atoms with Crippen LogP contribution in [0, 0.1) is 17.8 Å². The Bertz CT molecular complexity index is 1150. The van der Waals surface area contributed by atoms with Crippen molar-refractivity contribution < 1.29 is 24.2 Å². The Balaban J connectivity index is 1.87. The molecule has 39 heavy (non-hydrogen) atoms. The Morgan fingerprint density at radius 1 is 1.26 bits per heavy atom. The van der Waals surface area contributed by atoms with Crippen molar-refractivity contribution in [2.75, 3.05) is 31.6 Å². The van der Waals surface area contributed by atoms with Gasteiger partial charge in [-0.25, -0.2) is 0 Å². The van der Waals surface area contributed by atoms with Gasteiger partial charge >= 0.3 is 0 Å². The molecular weight excluding hydrogens is 586 g/mol. The number of alkyl halides is 1. The first kappa shape index (κ1) is 29.8. The first-order valence-electron chi connectivity index (χ1n) is 13.3. The third kappa shape index (κ3) is 4.96. The summed E-state index contributed by atoms with van der Waals surface area (Å²) in [5.41, 5.74) is -0.755. The molecule has 3 fully saturated rings. The molecular formula is C29H37BrClN3O5. The van der Waals surface area contributed by atoms with Gasteiger partial charge in [-0.2, -0.15) is 0 Å². The van der Waals surface area contributed by atoms with Crippen LogP contribution in [0.3, 0.4) is 0 Å². The second kappa shape index (κ2) is 11.7. The average molecular weight is 623 g/mol. The predicted molar refractivity (Wildman–Crippen MR) is 155 cm³/mol. The summed E-state index contributed by atoms with van der Waals surface area (Å²) in [6.45, 7) is 11.7. The van der Waals surface area contributed by atoms with E-state index >= 15 is 0 Å². The number of para-hydroxylation sites is 1. The number of hydrogen-bond acceptors (Lipinski definition) is 5. The van der Waals surface area contributed by atoms with Crippen LogP contribution in [0.2, 0.25) is 5.02 Å². The standard InChI is InChI=1S/C29H37BrClN3O5/c1-6-12-32(5)26(36)22-23-27(37)34(18(16-35)14-17(3)4)25(29(23)15-19(30)24(22)39-29)28(38)33(13-7-2)21-11-9-8-10-20(21)31/h6-11,17-19,22-25,35H,1-2,12-16H2,3-5H3/t18-,19?,22+,23+,24+,25?,29?/m1/s1. The molecule has 4 rings (SSSR count). The van der Waals surface area contributed by atoms with Crippen LogP contribution in [-0.2, 0) is 19.1 Å². The first-order valence-corrected chi connectivity index (χ1v) is 14.6. The maximum absolute atomic E-state index is 14.6. The van der Waals surface area contributed by atoms with Gasteiger partial charge in [0.15, 0.2) is 0 Å². The lowest BCUT2D eigenvalue weighted by atomic mass is 9.70. The number of hydrogen-bond donors (Lipinski definition) is 1. The van der Waals surface area contributed by atoms with Gasteiger partial charge in [0, 0.05) is 25.0 Å². The number of carbonyl (C=O) groups is 3. The minimum atomic E-state index is -1.24. The summed E-state index contributed by atoms with van der Waals surface area (Å²) < 4.78 is 6.62. The number of halogens is 2. The van der Waals surface area contributed by atoms with Gasteiger partial charge in [-0.1, -0.05) is 65.7 Å². The smallest absolute Gasteiger partial charge is 0.253 e. The molecule has 0 radical (unpaired) electrons. The third-order valence-electron chi connectivity index (χ3n) is 8.09. The van der Waals surface area contributed by atoms with Gasteiger partial charge in [0.05, 0.1) is 41.3 Å². The number of fused-ring (bicyclic) bond motifs is 1. The lowest BCUT2D eigenvalue weighted by Gasteiger charge is -2.40. The lowest BCUT2D eigenvalue weighted by molar-refractivity contribution is -0.147. The highest BCUT2D eigenvalue weighted by molar-refractivity contribution is 9.09. The topological polar surface area (TPSA) is 90.4 Å². The third-order valence-corrected chi connectivity index (χ3v) is 9.26. The monoisotopic (exact) mass is 621 g/mol. The van der Waals surface area contributed by atoms with Gasteiger partial charge < -0.3 is 24.5 Å². The van der Waals surface area contributed by atoms with E-state index in [1.54, 1.807) is 43.5 Å². The maximum atomic E-state index is 14.6. The fraction of sp³-hybridized carbons (Fsp3) is 0.552. The molecule has 1 N–H and O–H groups in total. The molecule has 10 heteroatoms. The molecule has 1 aromatic rings. The van der Waals surface area contributed by atoms with Crippen molar-refractivity contribution in [3.05, 3.63) is 54.6 Å². The molecule has 3 heterocycles. The summed E-state index contributed by atoms with van der Waals surface area (Å²) in [7, 11) is 1.67. The highest BCUT2D eigenvalue weighted by Crippen LogP contribution is 2.61. The number of ether oxygens (including phenoxy) is 1. The molecule has 7 atom stereocenters. The predicted octanol–water partition coefficient (Wildman–Crippen LogP) is 3.66. The van der Waals surface area contributed by atoms with E-state index in [2.05, 4.69) is 29.1 Å². The Hall–Kier alpha value is -2.20. The van der Waals surface area contributed by atoms with E-state index in [1.165, 1.54) is 14.7 Å². The molecule has 212 valence electrons. The van der Waals surface area contributed by atoms with Crippen LogP contribution in [0.4, 0.5) is 5.69 Å². The SMILES string of the molecule is C=CCN(C)C(=O)[C@H]1[C@H]2C(=O)N([C@@H](CO)CC(C)C)C(C(=O)N(CC=C)c3ccccc3Cl)C23CC(Br)[C@@H]1O3. The Labute approximate surface area is 243 Å². The molecule has 3 saturated heterocycles. The van der Waals surface area contributed by atoms with Crippen molar-refractivity contribution in [2.24, 2.45) is 17.8 Å². The van der Waals surface area contributed by atoms with Gasteiger partial charge in [-0.3, -0.25) is 14.4 Å². The molecule has 1 spiro atoms. The zero-order chi connectivity index (χ0) is 28.6. The summed E-state index contributed by atoms with van der Waals surface area (Å²) in [6.07, 6.45) is 3.52. The largest absolute Gasteiger partial charge is 0.394 e. The quantitative estimate of drug-likeness (QED) is 0.301. The van der Waals surface area contributed by atoms with Crippen LogP contribution in [0.5, 0.6) is 0 Å². The summed E-state index contributed by atoms with van der Waals surface area (Å²) in [6, 6.07) is 5.32. The molecule has 1 aromatic carbocycles. The summed E-state index contributed by atoms with van der Waals surface area (Å²) >= 11 is 10.2. The van der Waals surface area contributed by atoms with Crippen molar-refractivity contribution in [1.82, 2.24) is 9.80 Å². The Morgan fingerprint density at radius 3 is 2.51 bits per heavy atom. The van der Waals surface area contributed by atoms with E-state index in [-0.39, 0.29) is 41.6 Å². The zero-order valence-corrected chi connectivity index (χ0v) is 25.0. The zero-order valence-electron chi connectivity index (χ0n) is 22.6.